The second-order valence-corrected chi connectivity index (χ2v) is 8.84. The monoisotopic (exact) mass is 438 g/mol. The van der Waals surface area contributed by atoms with Crippen molar-refractivity contribution in [3.05, 3.63) is 66.2 Å². The van der Waals surface area contributed by atoms with Gasteiger partial charge in [-0.1, -0.05) is 36.8 Å². The summed E-state index contributed by atoms with van der Waals surface area (Å²) in [7, 11) is -3.62. The number of allylic oxidation sites excluding steroid dienone is 1. The van der Waals surface area contributed by atoms with Gasteiger partial charge in [0.25, 0.3) is 0 Å². The summed E-state index contributed by atoms with van der Waals surface area (Å²) in [6.45, 7) is 0.927. The van der Waals surface area contributed by atoms with E-state index in [1.54, 1.807) is 6.07 Å². The van der Waals surface area contributed by atoms with Gasteiger partial charge < -0.3 is 5.32 Å². The number of piperidine rings is 1. The molecule has 0 unspecified atom stereocenters. The molecule has 2 aromatic carbocycles. The number of nitrogens with zero attached hydrogens (tertiary/aromatic N) is 1. The van der Waals surface area contributed by atoms with E-state index in [0.717, 1.165) is 19.3 Å². The second kappa shape index (κ2) is 9.01. The summed E-state index contributed by atoms with van der Waals surface area (Å²) >= 11 is 0. The minimum Gasteiger partial charge on any atom is -0.322 e. The summed E-state index contributed by atoms with van der Waals surface area (Å²) in [5.41, 5.74) is -0.989. The highest BCUT2D eigenvalue weighted by molar-refractivity contribution is 7.89. The van der Waals surface area contributed by atoms with Crippen molar-refractivity contribution in [2.45, 2.75) is 30.3 Å². The van der Waals surface area contributed by atoms with Gasteiger partial charge in [0.2, 0.25) is 15.9 Å². The molecule has 1 saturated heterocycles. The van der Waals surface area contributed by atoms with E-state index in [1.165, 1.54) is 52.8 Å². The number of sulfonamides is 1. The van der Waals surface area contributed by atoms with Crippen molar-refractivity contribution in [3.8, 4) is 0 Å². The Labute approximate surface area is 173 Å². The lowest BCUT2D eigenvalue weighted by Crippen LogP contribution is -2.35. The zero-order chi connectivity index (χ0) is 21.8. The van der Waals surface area contributed by atoms with Gasteiger partial charge in [0.1, 0.15) is 0 Å². The number of amides is 1. The fraction of sp³-hybridized carbons (Fsp3) is 0.286. The molecule has 1 fully saturated rings. The van der Waals surface area contributed by atoms with Crippen LogP contribution in [-0.2, 0) is 14.8 Å². The van der Waals surface area contributed by atoms with Gasteiger partial charge in [-0.05, 0) is 42.7 Å². The van der Waals surface area contributed by atoms with E-state index in [0.29, 0.717) is 19.2 Å². The third-order valence-corrected chi connectivity index (χ3v) is 6.65. The van der Waals surface area contributed by atoms with E-state index < -0.39 is 27.7 Å². The number of rotatable bonds is 5. The molecule has 2 aromatic rings. The highest BCUT2D eigenvalue weighted by atomic mass is 32.2. The van der Waals surface area contributed by atoms with Crippen molar-refractivity contribution < 1.29 is 26.4 Å². The van der Waals surface area contributed by atoms with E-state index >= 15 is 0 Å². The quantitative estimate of drug-likeness (QED) is 0.702. The molecule has 0 saturated carbocycles. The maximum Gasteiger partial charge on any atom is 0.417 e. The molecular weight excluding hydrogens is 417 g/mol. The normalized spacial score (nSPS) is 16.3. The molecule has 5 nitrogen and oxygen atoms in total. The molecule has 0 bridgehead atoms. The number of carbonyl (C=O) groups is 1. The number of nitrogens with one attached hydrogen (secondary N) is 1. The molecule has 0 atom stereocenters. The van der Waals surface area contributed by atoms with E-state index in [2.05, 4.69) is 5.32 Å². The van der Waals surface area contributed by atoms with Crippen LogP contribution in [0.1, 0.15) is 24.8 Å². The largest absolute Gasteiger partial charge is 0.417 e. The number of hydrogen-bond donors (Lipinski definition) is 1. The third-order valence-electron chi connectivity index (χ3n) is 4.74. The van der Waals surface area contributed by atoms with Gasteiger partial charge in [0, 0.05) is 24.9 Å². The highest BCUT2D eigenvalue weighted by Gasteiger charge is 2.35. The van der Waals surface area contributed by atoms with Crippen LogP contribution < -0.4 is 5.32 Å². The Morgan fingerprint density at radius 3 is 2.10 bits per heavy atom. The van der Waals surface area contributed by atoms with Crippen LogP contribution in [0.2, 0.25) is 0 Å². The van der Waals surface area contributed by atoms with Crippen LogP contribution in [0.3, 0.4) is 0 Å². The predicted molar refractivity (Wildman–Crippen MR) is 108 cm³/mol. The Balaban J connectivity index is 1.76. The summed E-state index contributed by atoms with van der Waals surface area (Å²) < 4.78 is 66.7. The molecule has 1 aliphatic heterocycles. The van der Waals surface area contributed by atoms with Crippen molar-refractivity contribution >= 4 is 27.2 Å². The number of halogens is 3. The molecule has 30 heavy (non-hydrogen) atoms. The van der Waals surface area contributed by atoms with Crippen molar-refractivity contribution in [2.75, 3.05) is 18.4 Å². The lowest BCUT2D eigenvalue weighted by Gasteiger charge is -2.25. The van der Waals surface area contributed by atoms with Crippen LogP contribution in [0.4, 0.5) is 18.9 Å². The van der Waals surface area contributed by atoms with Crippen LogP contribution in [-0.4, -0.2) is 37.9 Å². The molecule has 0 aliphatic carbocycles. The first-order valence-electron chi connectivity index (χ1n) is 9.43. The van der Waals surface area contributed by atoms with Gasteiger partial charge in [-0.25, -0.2) is 8.42 Å². The Kier molecular flexibility index (Phi) is 6.62. The van der Waals surface area contributed by atoms with E-state index in [4.69, 9.17) is 0 Å². The number of hydrogen-bond acceptors (Lipinski definition) is 3. The van der Waals surface area contributed by atoms with Crippen LogP contribution in [0.25, 0.3) is 5.57 Å². The SMILES string of the molecule is O=C(/C=C(/c1ccccc1)C(F)(F)F)Nc1ccc(S(=O)(=O)N2CCCCC2)cc1. The van der Waals surface area contributed by atoms with Crippen LogP contribution in [0.15, 0.2) is 65.6 Å². The number of alkyl halides is 3. The highest BCUT2D eigenvalue weighted by Crippen LogP contribution is 2.33. The van der Waals surface area contributed by atoms with E-state index in [9.17, 15) is 26.4 Å². The molecule has 9 heteroatoms. The number of benzene rings is 2. The molecule has 1 amide bonds. The minimum absolute atomic E-state index is 0.0817. The zero-order valence-electron chi connectivity index (χ0n) is 16.0. The minimum atomic E-state index is -4.70. The maximum absolute atomic E-state index is 13.3. The smallest absolute Gasteiger partial charge is 0.322 e. The third kappa shape index (κ3) is 5.28. The van der Waals surface area contributed by atoms with Crippen LogP contribution in [0, 0.1) is 0 Å². The molecule has 1 aliphatic rings. The average Bonchev–Trinajstić information content (AvgIpc) is 2.73. The number of anilines is 1. The fourth-order valence-corrected chi connectivity index (χ4v) is 4.74. The van der Waals surface area contributed by atoms with Crippen molar-refractivity contribution in [1.29, 1.82) is 0 Å². The molecule has 0 spiro atoms. The van der Waals surface area contributed by atoms with Gasteiger partial charge >= 0.3 is 6.18 Å². The average molecular weight is 438 g/mol. The summed E-state index contributed by atoms with van der Waals surface area (Å²) in [6.07, 6.45) is -1.60. The lowest BCUT2D eigenvalue weighted by atomic mass is 10.1. The molecule has 1 N–H and O–H groups in total. The topological polar surface area (TPSA) is 66.5 Å². The summed E-state index contributed by atoms with van der Waals surface area (Å²) in [5, 5.41) is 2.35. The van der Waals surface area contributed by atoms with Crippen molar-refractivity contribution in [1.82, 2.24) is 4.31 Å². The van der Waals surface area contributed by atoms with Gasteiger partial charge in [0.15, 0.2) is 0 Å². The van der Waals surface area contributed by atoms with Crippen molar-refractivity contribution in [3.63, 3.8) is 0 Å². The fourth-order valence-electron chi connectivity index (χ4n) is 3.22. The van der Waals surface area contributed by atoms with Crippen LogP contribution >= 0.6 is 0 Å². The Morgan fingerprint density at radius 1 is 0.933 bits per heavy atom. The Morgan fingerprint density at radius 2 is 1.53 bits per heavy atom. The molecular formula is C21H21F3N2O3S. The predicted octanol–water partition coefficient (Wildman–Crippen LogP) is 4.45. The summed E-state index contributed by atoms with van der Waals surface area (Å²) in [4.78, 5) is 12.2. The van der Waals surface area contributed by atoms with Gasteiger partial charge in [0.05, 0.1) is 10.5 Å². The molecule has 0 aromatic heterocycles. The molecule has 0 radical (unpaired) electrons. The Bertz CT molecular complexity index is 1010. The van der Waals surface area contributed by atoms with E-state index in [-0.39, 0.29) is 16.1 Å². The second-order valence-electron chi connectivity index (χ2n) is 6.90. The van der Waals surface area contributed by atoms with Gasteiger partial charge in [-0.15, -0.1) is 0 Å². The first kappa shape index (κ1) is 22.0. The summed E-state index contributed by atoms with van der Waals surface area (Å²) in [6, 6.07) is 12.4. The Hall–Kier alpha value is -2.65. The van der Waals surface area contributed by atoms with E-state index in [1.807, 2.05) is 0 Å². The first-order valence-corrected chi connectivity index (χ1v) is 10.9. The van der Waals surface area contributed by atoms with Gasteiger partial charge in [-0.2, -0.15) is 17.5 Å². The van der Waals surface area contributed by atoms with Gasteiger partial charge in [-0.3, -0.25) is 4.79 Å². The van der Waals surface area contributed by atoms with Crippen LogP contribution in [0.5, 0.6) is 0 Å². The maximum atomic E-state index is 13.3. The lowest BCUT2D eigenvalue weighted by molar-refractivity contribution is -0.112. The summed E-state index contributed by atoms with van der Waals surface area (Å²) in [5.74, 6) is -0.960. The first-order chi connectivity index (χ1) is 14.2. The number of carbonyl (C=O) groups excluding carboxylic acids is 1. The zero-order valence-corrected chi connectivity index (χ0v) is 16.8. The molecule has 160 valence electrons. The molecule has 1 heterocycles. The molecule has 3 rings (SSSR count). The standard InChI is InChI=1S/C21H21F3N2O3S/c22-21(23,24)19(16-7-3-1-4-8-16)15-20(27)25-17-9-11-18(12-10-17)30(28,29)26-13-5-2-6-14-26/h1,3-4,7-12,15H,2,5-6,13-14H2,(H,25,27)/b19-15-. The van der Waals surface area contributed by atoms with Crippen molar-refractivity contribution in [2.24, 2.45) is 0 Å².